The summed E-state index contributed by atoms with van der Waals surface area (Å²) in [5, 5.41) is 0. The minimum atomic E-state index is -3.99. The Morgan fingerprint density at radius 3 is 0.195 bits per heavy atom. The van der Waals surface area contributed by atoms with Gasteiger partial charge in [0.05, 0.1) is 91.1 Å². The van der Waals surface area contributed by atoms with Crippen molar-refractivity contribution in [1.82, 2.24) is 0 Å². The van der Waals surface area contributed by atoms with Crippen LogP contribution in [0.5, 0.6) is 0 Å². The lowest BCUT2D eigenvalue weighted by molar-refractivity contribution is 0.457. The predicted octanol–water partition coefficient (Wildman–Crippen LogP) is 24.8. The van der Waals surface area contributed by atoms with Crippen molar-refractivity contribution < 1.29 is 117 Å². The summed E-state index contributed by atoms with van der Waals surface area (Å²) in [4.78, 5) is 0. The molecule has 0 aromatic heterocycles. The fraction of sp³-hybridized carbons (Fsp3) is 1.00. The van der Waals surface area contributed by atoms with Gasteiger partial charge in [-0.2, -0.15) is 0 Å². The Labute approximate surface area is 791 Å². The van der Waals surface area contributed by atoms with Gasteiger partial charge in [0, 0.05) is 51.8 Å². The average Bonchev–Trinajstić information content (AvgIpc) is 1.03. The third kappa shape index (κ3) is 192. The molecule has 0 fully saturated rings. The van der Waals surface area contributed by atoms with Crippen molar-refractivity contribution >= 4 is 91.1 Å². The Morgan fingerprint density at radius 1 is 0.0938 bits per heavy atom. The maximum absolute atomic E-state index is 10.4. The van der Waals surface area contributed by atoms with Crippen LogP contribution >= 0.6 is 0 Å². The summed E-state index contributed by atoms with van der Waals surface area (Å²) < 4.78 is 276. The minimum Gasteiger partial charge on any atom is -0.748 e. The SMILES string of the molecule is CCCCCCCCCCCCCCCS(=O)(=O)[O-].CCCCCCCCCCCCCCS(=O)(=O)[O-].CCCCCCCCCCCCS(=O)(=O)[O-].CCCCCCCCCCCS(=O)(=O)[O-].CCCCCCCCCCS(=O)(=O)[O-].CCCCCCCCCS(=O)(=O)[O-].CCCCCCCCS(=O)(=O)[O-].CCCCCCCS(=O)(=O)[O-].CCCCCCS(=O)(=O)[O-]. The smallest absolute Gasteiger partial charge is 0.0945 e. The van der Waals surface area contributed by atoms with E-state index in [9.17, 15) is 117 Å². The third-order valence-corrected chi connectivity index (χ3v) is 27.8. The van der Waals surface area contributed by atoms with Crippen LogP contribution in [0.15, 0.2) is 0 Å². The van der Waals surface area contributed by atoms with Gasteiger partial charge in [0.1, 0.15) is 0 Å². The summed E-state index contributed by atoms with van der Waals surface area (Å²) >= 11 is 0. The van der Waals surface area contributed by atoms with Crippen molar-refractivity contribution in [2.24, 2.45) is 0 Å². The molecular weight excluding hydrogens is 1830 g/mol. The maximum Gasteiger partial charge on any atom is 0.0945 e. The normalized spacial score (nSPS) is 11.9. The summed E-state index contributed by atoms with van der Waals surface area (Å²) in [6.45, 7) is 19.5. The molecule has 36 heteroatoms. The summed E-state index contributed by atoms with van der Waals surface area (Å²) in [6, 6.07) is 0. The molecule has 0 heterocycles. The fourth-order valence-electron chi connectivity index (χ4n) is 13.1. The van der Waals surface area contributed by atoms with Crippen LogP contribution in [0, 0.1) is 0 Å². The first-order chi connectivity index (χ1) is 60.0. The predicted molar refractivity (Wildman–Crippen MR) is 524 cm³/mol. The highest BCUT2D eigenvalue weighted by molar-refractivity contribution is 7.87. The highest BCUT2D eigenvalue weighted by Gasteiger charge is 2.05. The van der Waals surface area contributed by atoms with Crippen LogP contribution in [-0.4, -0.2) is 169 Å². The van der Waals surface area contributed by atoms with Crippen molar-refractivity contribution in [2.45, 2.75) is 537 Å². The standard InChI is InChI=1S/C15H32O3S.C14H30O3S.C12H26O3S.C11H24O3S.C10H22O3S.C9H20O3S.C8H18O3S.C7H16O3S.C6H14O3S/c1-2-3-4-5-6-7-8-9-10-11-12-13-14-15-19(16,17)18;1-2-3-4-5-6-7-8-9-10-11-12-13-14-18(15,16)17;1-2-3-4-5-6-7-8-9-10-11-12-16(13,14)15;1-2-3-4-5-6-7-8-9-10-11-15(12,13)14;1-2-3-4-5-6-7-8-9-10-14(11,12)13;1-2-3-4-5-6-7-8-9-13(10,11)12;1-2-3-4-5-6-7-8-12(9,10)11;1-2-3-4-5-6-7-11(8,9)10;1-2-3-4-5-6-10(7,8)9/h2-15H2,1H3,(H,16,17,18);2-14H2,1H3,(H,15,16,17);2-12H2,1H3,(H,13,14,15);2-11H2,1H3,(H,12,13,14);2-10H2,1H3,(H,11,12,13);2-9H2,1H3,(H,10,11,12);2-8H2,1H3,(H,9,10,11);2-7H2,1H3,(H,8,9,10);2-6H2,1H3,(H,7,8,9)/p-9. The second-order valence-corrected chi connectivity index (χ2v) is 48.0. The second-order valence-electron chi connectivity index (χ2n) is 34.3. The molecule has 0 unspecified atom stereocenters. The number of hydrogen-bond acceptors (Lipinski definition) is 27. The molecule has 0 aliphatic carbocycles. The average molecular weight is 2020 g/mol. The quantitative estimate of drug-likeness (QED) is 0.0403. The second kappa shape index (κ2) is 107. The lowest BCUT2D eigenvalue weighted by atomic mass is 10.1. The van der Waals surface area contributed by atoms with E-state index in [1.807, 2.05) is 6.92 Å². The molecule has 786 valence electrons. The van der Waals surface area contributed by atoms with Gasteiger partial charge >= 0.3 is 0 Å². The molecule has 0 amide bonds. The van der Waals surface area contributed by atoms with E-state index >= 15 is 0 Å². The van der Waals surface area contributed by atoms with Crippen molar-refractivity contribution in [3.05, 3.63) is 0 Å². The molecule has 0 aromatic rings. The van der Waals surface area contributed by atoms with Crippen LogP contribution in [0.2, 0.25) is 0 Å². The lowest BCUT2D eigenvalue weighted by Crippen LogP contribution is -2.03. The highest BCUT2D eigenvalue weighted by Crippen LogP contribution is 2.18. The van der Waals surface area contributed by atoms with Crippen LogP contribution in [-0.2, 0) is 91.1 Å². The van der Waals surface area contributed by atoms with Crippen LogP contribution in [0.4, 0.5) is 0 Å². The van der Waals surface area contributed by atoms with E-state index in [1.54, 1.807) is 0 Å². The summed E-state index contributed by atoms with van der Waals surface area (Å²) in [6.07, 6.45) is 81.5. The van der Waals surface area contributed by atoms with E-state index in [0.29, 0.717) is 57.8 Å². The van der Waals surface area contributed by atoms with Crippen LogP contribution in [0.25, 0.3) is 0 Å². The van der Waals surface area contributed by atoms with Gasteiger partial charge in [-0.05, 0) is 57.8 Å². The van der Waals surface area contributed by atoms with Crippen molar-refractivity contribution in [2.75, 3.05) is 51.8 Å². The molecule has 0 radical (unpaired) electrons. The maximum atomic E-state index is 10.4. The lowest BCUT2D eigenvalue weighted by Gasteiger charge is -2.06. The molecule has 0 bridgehead atoms. The number of unbranched alkanes of at least 4 members (excludes halogenated alkanes) is 65. The van der Waals surface area contributed by atoms with Gasteiger partial charge in [-0.25, -0.2) is 75.8 Å². The molecule has 0 rings (SSSR count). The Morgan fingerprint density at radius 2 is 0.141 bits per heavy atom. The molecule has 0 aliphatic heterocycles. The summed E-state index contributed by atoms with van der Waals surface area (Å²) in [5.74, 6) is -1.74. The van der Waals surface area contributed by atoms with Gasteiger partial charge in [-0.3, -0.25) is 0 Å². The van der Waals surface area contributed by atoms with E-state index in [4.69, 9.17) is 0 Å². The monoisotopic (exact) mass is 2020 g/mol. The fourth-order valence-corrected chi connectivity index (χ4v) is 18.1. The van der Waals surface area contributed by atoms with Gasteiger partial charge < -0.3 is 41.0 Å². The van der Waals surface area contributed by atoms with Crippen LogP contribution in [0.3, 0.4) is 0 Å². The highest BCUT2D eigenvalue weighted by atomic mass is 32.3. The van der Waals surface area contributed by atoms with E-state index < -0.39 is 91.1 Å². The Bertz CT molecular complexity index is 3290. The first kappa shape index (κ1) is 145. The Balaban J connectivity index is -0.000000179. The molecule has 0 saturated carbocycles. The molecule has 0 aromatic carbocycles. The summed E-state index contributed by atoms with van der Waals surface area (Å²) in [7, 11) is -35.8. The van der Waals surface area contributed by atoms with Gasteiger partial charge in [-0.15, -0.1) is 0 Å². The zero-order valence-corrected chi connectivity index (χ0v) is 89.7. The molecule has 128 heavy (non-hydrogen) atoms. The minimum absolute atomic E-state index is 0.190. The van der Waals surface area contributed by atoms with Crippen LogP contribution in [0.1, 0.15) is 537 Å². The molecule has 27 nitrogen and oxygen atoms in total. The topological polar surface area (TPSA) is 515 Å². The van der Waals surface area contributed by atoms with Crippen LogP contribution < -0.4 is 0 Å². The number of rotatable bonds is 83. The largest absolute Gasteiger partial charge is 0.748 e. The van der Waals surface area contributed by atoms with Gasteiger partial charge in [0.2, 0.25) is 0 Å². The number of hydrogen-bond donors (Lipinski definition) is 0. The van der Waals surface area contributed by atoms with Crippen molar-refractivity contribution in [3.8, 4) is 0 Å². The molecule has 0 aliphatic rings. The molecule has 0 N–H and O–H groups in total. The van der Waals surface area contributed by atoms with E-state index in [2.05, 4.69) is 55.4 Å². The third-order valence-electron chi connectivity index (χ3n) is 20.7. The first-order valence-corrected chi connectivity index (χ1v) is 64.7. The van der Waals surface area contributed by atoms with E-state index in [1.165, 1.54) is 270 Å². The van der Waals surface area contributed by atoms with Gasteiger partial charge in [0.25, 0.3) is 0 Å². The Hall–Kier alpha value is -0.810. The van der Waals surface area contributed by atoms with Crippen molar-refractivity contribution in [1.29, 1.82) is 0 Å². The molecular formula is C92H193O27S9-9. The van der Waals surface area contributed by atoms with E-state index in [-0.39, 0.29) is 51.8 Å². The zero-order chi connectivity index (χ0) is 99.2. The Kier molecular flexibility index (Phi) is 121. The van der Waals surface area contributed by atoms with Gasteiger partial charge in [-0.1, -0.05) is 480 Å². The zero-order valence-electron chi connectivity index (χ0n) is 82.4. The first-order valence-electron chi connectivity index (χ1n) is 50.5. The molecule has 0 saturated heterocycles. The summed E-state index contributed by atoms with van der Waals surface area (Å²) in [5.41, 5.74) is 0. The van der Waals surface area contributed by atoms with E-state index in [0.717, 1.165) is 148 Å². The molecule has 0 atom stereocenters. The van der Waals surface area contributed by atoms with Gasteiger partial charge in [0.15, 0.2) is 0 Å². The van der Waals surface area contributed by atoms with Crippen molar-refractivity contribution in [3.63, 3.8) is 0 Å². The molecule has 0 spiro atoms.